The minimum Gasteiger partial charge on any atom is -0.489 e. The third-order valence-corrected chi connectivity index (χ3v) is 3.13. The molecule has 2 N–H and O–H groups in total. The Morgan fingerprint density at radius 1 is 1.19 bits per heavy atom. The van der Waals surface area contributed by atoms with E-state index < -0.39 is 0 Å². The van der Waals surface area contributed by atoms with Crippen LogP contribution in [-0.4, -0.2) is 12.1 Å². The standard InChI is InChI=1S/C13H19NO.ClH/c1-10-6-2-4-8-12(10)15-13-9-5-3-7-11(13)14;/h2,4,6,8,11,13H,3,5,7,9,14H2,1H3;1H/t11-,13-;/m1./s1. The molecule has 3 heteroatoms. The summed E-state index contributed by atoms with van der Waals surface area (Å²) in [5.74, 6) is 0.986. The lowest BCUT2D eigenvalue weighted by atomic mass is 9.93. The Morgan fingerprint density at radius 2 is 1.88 bits per heavy atom. The van der Waals surface area contributed by atoms with Gasteiger partial charge in [-0.15, -0.1) is 12.4 Å². The van der Waals surface area contributed by atoms with Gasteiger partial charge in [0, 0.05) is 6.04 Å². The minimum atomic E-state index is 0. The predicted molar refractivity (Wildman–Crippen MR) is 69.3 cm³/mol. The molecule has 1 aromatic carbocycles. The summed E-state index contributed by atoms with van der Waals surface area (Å²) in [7, 11) is 0. The van der Waals surface area contributed by atoms with E-state index in [1.54, 1.807) is 0 Å². The first-order valence-electron chi connectivity index (χ1n) is 5.75. The SMILES string of the molecule is Cc1ccccc1O[C@@H]1CCCC[C@H]1N.Cl. The number of rotatable bonds is 2. The van der Waals surface area contributed by atoms with Crippen LogP contribution in [0, 0.1) is 6.92 Å². The van der Waals surface area contributed by atoms with Gasteiger partial charge in [-0.05, 0) is 37.8 Å². The fraction of sp³-hybridized carbons (Fsp3) is 0.538. The molecule has 0 unspecified atom stereocenters. The van der Waals surface area contributed by atoms with E-state index in [9.17, 15) is 0 Å². The maximum atomic E-state index is 6.05. The Balaban J connectivity index is 0.00000128. The molecule has 1 fully saturated rings. The largest absolute Gasteiger partial charge is 0.489 e. The molecule has 1 saturated carbocycles. The third-order valence-electron chi connectivity index (χ3n) is 3.13. The first-order valence-corrected chi connectivity index (χ1v) is 5.75. The molecule has 1 aromatic rings. The second-order valence-electron chi connectivity index (χ2n) is 4.37. The molecule has 1 aliphatic carbocycles. The number of ether oxygens (including phenoxy) is 1. The molecular weight excluding hydrogens is 222 g/mol. The Kier molecular flexibility index (Phi) is 5.10. The van der Waals surface area contributed by atoms with Crippen LogP contribution in [0.4, 0.5) is 0 Å². The Hall–Kier alpha value is -0.730. The zero-order chi connectivity index (χ0) is 10.7. The van der Waals surface area contributed by atoms with Crippen LogP contribution in [0.3, 0.4) is 0 Å². The van der Waals surface area contributed by atoms with Crippen molar-refractivity contribution in [1.82, 2.24) is 0 Å². The molecule has 0 saturated heterocycles. The monoisotopic (exact) mass is 241 g/mol. The highest BCUT2D eigenvalue weighted by Crippen LogP contribution is 2.24. The highest BCUT2D eigenvalue weighted by molar-refractivity contribution is 5.85. The third kappa shape index (κ3) is 3.13. The van der Waals surface area contributed by atoms with Crippen LogP contribution in [-0.2, 0) is 0 Å². The lowest BCUT2D eigenvalue weighted by Crippen LogP contribution is -2.41. The molecule has 0 aromatic heterocycles. The number of benzene rings is 1. The fourth-order valence-electron chi connectivity index (χ4n) is 2.12. The molecule has 16 heavy (non-hydrogen) atoms. The molecule has 1 aliphatic rings. The molecule has 2 atom stereocenters. The van der Waals surface area contributed by atoms with E-state index in [0.29, 0.717) is 0 Å². The molecule has 0 bridgehead atoms. The molecule has 2 rings (SSSR count). The first-order chi connectivity index (χ1) is 7.27. The van der Waals surface area contributed by atoms with E-state index in [1.807, 2.05) is 18.2 Å². The normalized spacial score (nSPS) is 24.6. The number of nitrogens with two attached hydrogens (primary N) is 1. The average Bonchev–Trinajstić information content (AvgIpc) is 2.24. The van der Waals surface area contributed by atoms with Crippen molar-refractivity contribution in [3.63, 3.8) is 0 Å². The predicted octanol–water partition coefficient (Wildman–Crippen LogP) is 3.07. The van der Waals surface area contributed by atoms with Gasteiger partial charge in [-0.3, -0.25) is 0 Å². The zero-order valence-corrected chi connectivity index (χ0v) is 10.5. The van der Waals surface area contributed by atoms with Gasteiger partial charge in [-0.25, -0.2) is 0 Å². The maximum Gasteiger partial charge on any atom is 0.122 e. The lowest BCUT2D eigenvalue weighted by Gasteiger charge is -2.29. The van der Waals surface area contributed by atoms with Gasteiger partial charge in [-0.1, -0.05) is 24.6 Å². The van der Waals surface area contributed by atoms with Gasteiger partial charge < -0.3 is 10.5 Å². The summed E-state index contributed by atoms with van der Waals surface area (Å²) in [6.45, 7) is 2.07. The van der Waals surface area contributed by atoms with Crippen LogP contribution in [0.15, 0.2) is 24.3 Å². The fourth-order valence-corrected chi connectivity index (χ4v) is 2.12. The van der Waals surface area contributed by atoms with Gasteiger partial charge in [0.15, 0.2) is 0 Å². The van der Waals surface area contributed by atoms with Crippen molar-refractivity contribution in [2.75, 3.05) is 0 Å². The summed E-state index contributed by atoms with van der Waals surface area (Å²) in [6.07, 6.45) is 4.88. The molecule has 2 nitrogen and oxygen atoms in total. The summed E-state index contributed by atoms with van der Waals surface area (Å²) in [6, 6.07) is 8.35. The molecule has 0 amide bonds. The maximum absolute atomic E-state index is 6.05. The lowest BCUT2D eigenvalue weighted by molar-refractivity contribution is 0.131. The van der Waals surface area contributed by atoms with E-state index >= 15 is 0 Å². The van der Waals surface area contributed by atoms with Crippen molar-refractivity contribution in [1.29, 1.82) is 0 Å². The van der Waals surface area contributed by atoms with E-state index in [1.165, 1.54) is 18.4 Å². The van der Waals surface area contributed by atoms with Crippen LogP contribution in [0.5, 0.6) is 5.75 Å². The van der Waals surface area contributed by atoms with Crippen molar-refractivity contribution in [3.05, 3.63) is 29.8 Å². The zero-order valence-electron chi connectivity index (χ0n) is 9.69. The number of aryl methyl sites for hydroxylation is 1. The van der Waals surface area contributed by atoms with E-state index in [4.69, 9.17) is 10.5 Å². The van der Waals surface area contributed by atoms with E-state index in [2.05, 4.69) is 13.0 Å². The van der Waals surface area contributed by atoms with Gasteiger partial charge in [0.2, 0.25) is 0 Å². The number of hydrogen-bond acceptors (Lipinski definition) is 2. The van der Waals surface area contributed by atoms with Gasteiger partial charge >= 0.3 is 0 Å². The highest BCUT2D eigenvalue weighted by atomic mass is 35.5. The summed E-state index contributed by atoms with van der Waals surface area (Å²) in [5, 5.41) is 0. The second-order valence-corrected chi connectivity index (χ2v) is 4.37. The van der Waals surface area contributed by atoms with E-state index in [0.717, 1.165) is 18.6 Å². The molecule has 90 valence electrons. The summed E-state index contributed by atoms with van der Waals surface area (Å²) in [5.41, 5.74) is 7.24. The van der Waals surface area contributed by atoms with E-state index in [-0.39, 0.29) is 24.6 Å². The number of hydrogen-bond donors (Lipinski definition) is 1. The summed E-state index contributed by atoms with van der Waals surface area (Å²) < 4.78 is 5.97. The van der Waals surface area contributed by atoms with Gasteiger partial charge in [0.1, 0.15) is 11.9 Å². The molecule has 0 radical (unpaired) electrons. The average molecular weight is 242 g/mol. The van der Waals surface area contributed by atoms with Gasteiger partial charge in [0.05, 0.1) is 0 Å². The van der Waals surface area contributed by atoms with Crippen LogP contribution < -0.4 is 10.5 Å². The number of halogens is 1. The van der Waals surface area contributed by atoms with Crippen molar-refractivity contribution < 1.29 is 4.74 Å². The first kappa shape index (κ1) is 13.3. The molecule has 0 heterocycles. The number of para-hydroxylation sites is 1. The molecule has 0 aliphatic heterocycles. The van der Waals surface area contributed by atoms with Crippen LogP contribution in [0.2, 0.25) is 0 Å². The van der Waals surface area contributed by atoms with Crippen molar-refractivity contribution in [2.24, 2.45) is 5.73 Å². The van der Waals surface area contributed by atoms with Crippen LogP contribution >= 0.6 is 12.4 Å². The van der Waals surface area contributed by atoms with Crippen molar-refractivity contribution in [2.45, 2.75) is 44.8 Å². The van der Waals surface area contributed by atoms with Gasteiger partial charge in [0.25, 0.3) is 0 Å². The highest BCUT2D eigenvalue weighted by Gasteiger charge is 2.23. The quantitative estimate of drug-likeness (QED) is 0.864. The van der Waals surface area contributed by atoms with Crippen LogP contribution in [0.1, 0.15) is 31.2 Å². The van der Waals surface area contributed by atoms with Crippen LogP contribution in [0.25, 0.3) is 0 Å². The summed E-state index contributed by atoms with van der Waals surface area (Å²) >= 11 is 0. The summed E-state index contributed by atoms with van der Waals surface area (Å²) in [4.78, 5) is 0. The van der Waals surface area contributed by atoms with Crippen molar-refractivity contribution >= 4 is 12.4 Å². The Morgan fingerprint density at radius 3 is 2.56 bits per heavy atom. The Labute approximate surface area is 104 Å². The van der Waals surface area contributed by atoms with Crippen molar-refractivity contribution in [3.8, 4) is 5.75 Å². The smallest absolute Gasteiger partial charge is 0.122 e. The second kappa shape index (κ2) is 6.12. The molecular formula is C13H20ClNO. The minimum absolute atomic E-state index is 0. The Bertz CT molecular complexity index is 329. The van der Waals surface area contributed by atoms with Gasteiger partial charge in [-0.2, -0.15) is 0 Å². The topological polar surface area (TPSA) is 35.2 Å². The molecule has 0 spiro atoms.